The van der Waals surface area contributed by atoms with Gasteiger partial charge >= 0.3 is 0 Å². The molecule has 1 aromatic carbocycles. The van der Waals surface area contributed by atoms with Crippen molar-refractivity contribution in [3.8, 4) is 0 Å². The molecule has 1 saturated heterocycles. The number of amides is 1. The molecule has 5 nitrogen and oxygen atoms in total. The predicted molar refractivity (Wildman–Crippen MR) is 102 cm³/mol. The van der Waals surface area contributed by atoms with Crippen LogP contribution in [0.5, 0.6) is 0 Å². The summed E-state index contributed by atoms with van der Waals surface area (Å²) in [6.45, 7) is 7.48. The van der Waals surface area contributed by atoms with Crippen molar-refractivity contribution in [2.75, 3.05) is 19.7 Å². The maximum Gasteiger partial charge on any atom is 0.263 e. The van der Waals surface area contributed by atoms with Crippen molar-refractivity contribution in [3.63, 3.8) is 0 Å². The largest absolute Gasteiger partial charge is 0.370 e. The molecule has 1 fully saturated rings. The summed E-state index contributed by atoms with van der Waals surface area (Å²) in [4.78, 5) is 27.6. The minimum Gasteiger partial charge on any atom is -0.370 e. The van der Waals surface area contributed by atoms with Crippen molar-refractivity contribution >= 4 is 17.5 Å². The van der Waals surface area contributed by atoms with E-state index in [-0.39, 0.29) is 23.1 Å². The molecule has 0 spiro atoms. The molecular formula is C20H23ClN2O3. The molecule has 0 radical (unpaired) electrons. The van der Waals surface area contributed by atoms with E-state index in [4.69, 9.17) is 16.3 Å². The zero-order valence-corrected chi connectivity index (χ0v) is 16.0. The highest BCUT2D eigenvalue weighted by Gasteiger charge is 2.29. The van der Waals surface area contributed by atoms with Gasteiger partial charge in [0.1, 0.15) is 11.7 Å². The molecule has 2 heterocycles. The number of aryl methyl sites for hydroxylation is 2. The van der Waals surface area contributed by atoms with Crippen LogP contribution in [-0.2, 0) is 11.3 Å². The summed E-state index contributed by atoms with van der Waals surface area (Å²) in [5, 5.41) is 0.660. The molecule has 1 amide bonds. The van der Waals surface area contributed by atoms with Gasteiger partial charge in [-0.25, -0.2) is 0 Å². The Hall–Kier alpha value is -2.11. The SMILES string of the molecule is CCn1c(C)cc(C)c(C(=O)N2CCO[C@@H](c3ccc(Cl)cc3)C2)c1=O. The highest BCUT2D eigenvalue weighted by molar-refractivity contribution is 6.30. The fourth-order valence-electron chi connectivity index (χ4n) is 3.45. The Labute approximate surface area is 158 Å². The molecule has 0 bridgehead atoms. The van der Waals surface area contributed by atoms with E-state index in [0.29, 0.717) is 31.3 Å². The van der Waals surface area contributed by atoms with Gasteiger partial charge in [-0.2, -0.15) is 0 Å². The number of ether oxygens (including phenoxy) is 1. The van der Waals surface area contributed by atoms with Crippen LogP contribution in [0.1, 0.15) is 40.2 Å². The Morgan fingerprint density at radius 1 is 1.27 bits per heavy atom. The first-order valence-electron chi connectivity index (χ1n) is 8.79. The van der Waals surface area contributed by atoms with Crippen LogP contribution >= 0.6 is 11.6 Å². The van der Waals surface area contributed by atoms with Crippen LogP contribution in [0.2, 0.25) is 5.02 Å². The predicted octanol–water partition coefficient (Wildman–Crippen LogP) is 3.35. The van der Waals surface area contributed by atoms with Gasteiger partial charge in [0.15, 0.2) is 0 Å². The van der Waals surface area contributed by atoms with Crippen molar-refractivity contribution in [1.29, 1.82) is 0 Å². The minimum absolute atomic E-state index is 0.218. The number of aromatic nitrogens is 1. The van der Waals surface area contributed by atoms with E-state index in [2.05, 4.69) is 0 Å². The van der Waals surface area contributed by atoms with Crippen LogP contribution in [0.3, 0.4) is 0 Å². The number of nitrogens with zero attached hydrogens (tertiary/aromatic N) is 2. The van der Waals surface area contributed by atoms with Crippen molar-refractivity contribution in [2.45, 2.75) is 33.4 Å². The maximum atomic E-state index is 13.1. The lowest BCUT2D eigenvalue weighted by atomic mass is 10.1. The Kier molecular flexibility index (Phi) is 5.49. The molecule has 1 aliphatic rings. The van der Waals surface area contributed by atoms with E-state index in [9.17, 15) is 9.59 Å². The summed E-state index contributed by atoms with van der Waals surface area (Å²) < 4.78 is 7.46. The lowest BCUT2D eigenvalue weighted by Gasteiger charge is -2.33. The molecule has 0 aliphatic carbocycles. The van der Waals surface area contributed by atoms with Gasteiger partial charge in [0.05, 0.1) is 13.2 Å². The van der Waals surface area contributed by atoms with Crippen molar-refractivity contribution < 1.29 is 9.53 Å². The van der Waals surface area contributed by atoms with Gasteiger partial charge in [0.2, 0.25) is 0 Å². The normalized spacial score (nSPS) is 17.4. The Bertz CT molecular complexity index is 874. The average molecular weight is 375 g/mol. The molecule has 0 N–H and O–H groups in total. The molecule has 26 heavy (non-hydrogen) atoms. The number of hydrogen-bond donors (Lipinski definition) is 0. The second-order valence-electron chi connectivity index (χ2n) is 6.56. The molecule has 1 aliphatic heterocycles. The zero-order chi connectivity index (χ0) is 18.8. The van der Waals surface area contributed by atoms with Crippen LogP contribution < -0.4 is 5.56 Å². The first-order valence-corrected chi connectivity index (χ1v) is 9.17. The van der Waals surface area contributed by atoms with E-state index < -0.39 is 0 Å². The summed E-state index contributed by atoms with van der Waals surface area (Å²) >= 11 is 5.94. The molecule has 0 unspecified atom stereocenters. The highest BCUT2D eigenvalue weighted by Crippen LogP contribution is 2.24. The molecular weight excluding hydrogens is 352 g/mol. The smallest absolute Gasteiger partial charge is 0.263 e. The minimum atomic E-state index is -0.225. The topological polar surface area (TPSA) is 51.5 Å². The Morgan fingerprint density at radius 3 is 2.62 bits per heavy atom. The lowest BCUT2D eigenvalue weighted by molar-refractivity contribution is -0.0229. The van der Waals surface area contributed by atoms with Crippen molar-refractivity contribution in [1.82, 2.24) is 9.47 Å². The molecule has 1 atom stereocenters. The number of halogens is 1. The maximum absolute atomic E-state index is 13.1. The summed E-state index contributed by atoms with van der Waals surface area (Å²) in [5.41, 5.74) is 2.60. The van der Waals surface area contributed by atoms with Crippen molar-refractivity contribution in [3.05, 3.63) is 68.1 Å². The molecule has 3 rings (SSSR count). The summed E-state index contributed by atoms with van der Waals surface area (Å²) in [6, 6.07) is 9.33. The molecule has 2 aromatic rings. The lowest BCUT2D eigenvalue weighted by Crippen LogP contribution is -2.45. The Morgan fingerprint density at radius 2 is 1.96 bits per heavy atom. The first kappa shape index (κ1) is 18.7. The van der Waals surface area contributed by atoms with Crippen LogP contribution in [0.25, 0.3) is 0 Å². The fourth-order valence-corrected chi connectivity index (χ4v) is 3.58. The third-order valence-electron chi connectivity index (χ3n) is 4.83. The van der Waals surface area contributed by atoms with Gasteiger partial charge < -0.3 is 14.2 Å². The van der Waals surface area contributed by atoms with E-state index in [1.54, 1.807) is 9.47 Å². The van der Waals surface area contributed by atoms with Crippen LogP contribution in [0, 0.1) is 13.8 Å². The highest BCUT2D eigenvalue weighted by atomic mass is 35.5. The average Bonchev–Trinajstić information content (AvgIpc) is 2.62. The standard InChI is InChI=1S/C20H23ClN2O3/c1-4-23-14(3)11-13(2)18(20(23)25)19(24)22-9-10-26-17(12-22)15-5-7-16(21)8-6-15/h5-8,11,17H,4,9-10,12H2,1-3H3/t17-/m1/s1. The monoisotopic (exact) mass is 374 g/mol. The Balaban J connectivity index is 1.88. The third kappa shape index (κ3) is 3.55. The van der Waals surface area contributed by atoms with Crippen LogP contribution in [-0.4, -0.2) is 35.1 Å². The summed E-state index contributed by atoms with van der Waals surface area (Å²) in [6.07, 6.45) is -0.218. The number of pyridine rings is 1. The van der Waals surface area contributed by atoms with E-state index in [1.807, 2.05) is 51.1 Å². The number of carbonyl (C=O) groups excluding carboxylic acids is 1. The molecule has 1 aromatic heterocycles. The first-order chi connectivity index (χ1) is 12.4. The second-order valence-corrected chi connectivity index (χ2v) is 6.99. The van der Waals surface area contributed by atoms with Gasteiger partial charge in [0.25, 0.3) is 11.5 Å². The van der Waals surface area contributed by atoms with Gasteiger partial charge in [0, 0.05) is 23.8 Å². The fraction of sp³-hybridized carbons (Fsp3) is 0.400. The van der Waals surface area contributed by atoms with Gasteiger partial charge in [-0.3, -0.25) is 9.59 Å². The molecule has 6 heteroatoms. The summed E-state index contributed by atoms with van der Waals surface area (Å²) in [5.74, 6) is -0.225. The van der Waals surface area contributed by atoms with Crippen LogP contribution in [0.15, 0.2) is 35.1 Å². The number of rotatable bonds is 3. The molecule has 0 saturated carbocycles. The van der Waals surface area contributed by atoms with E-state index in [1.165, 1.54) is 0 Å². The zero-order valence-electron chi connectivity index (χ0n) is 15.3. The number of morpholine rings is 1. The van der Waals surface area contributed by atoms with E-state index >= 15 is 0 Å². The van der Waals surface area contributed by atoms with Gasteiger partial charge in [-0.15, -0.1) is 0 Å². The van der Waals surface area contributed by atoms with E-state index in [0.717, 1.165) is 16.8 Å². The second kappa shape index (κ2) is 7.64. The number of carbonyl (C=O) groups is 1. The van der Waals surface area contributed by atoms with Gasteiger partial charge in [-0.1, -0.05) is 23.7 Å². The quantitative estimate of drug-likeness (QED) is 0.827. The van der Waals surface area contributed by atoms with Crippen LogP contribution in [0.4, 0.5) is 0 Å². The number of benzene rings is 1. The van der Waals surface area contributed by atoms with Gasteiger partial charge in [-0.05, 0) is 50.1 Å². The molecule has 138 valence electrons. The number of hydrogen-bond acceptors (Lipinski definition) is 3. The summed E-state index contributed by atoms with van der Waals surface area (Å²) in [7, 11) is 0. The van der Waals surface area contributed by atoms with Crippen molar-refractivity contribution in [2.24, 2.45) is 0 Å². The third-order valence-corrected chi connectivity index (χ3v) is 5.08.